The molecule has 0 saturated heterocycles. The molecule has 1 aliphatic rings. The molecule has 2 unspecified atom stereocenters. The first kappa shape index (κ1) is 20.3. The Bertz CT molecular complexity index is 1080. The second-order valence-corrected chi connectivity index (χ2v) is 7.61. The predicted octanol–water partition coefficient (Wildman–Crippen LogP) is 5.76. The summed E-state index contributed by atoms with van der Waals surface area (Å²) in [7, 11) is 0. The van der Waals surface area contributed by atoms with Gasteiger partial charge in [-0.2, -0.15) is 18.3 Å². The van der Waals surface area contributed by atoms with Crippen molar-refractivity contribution in [2.45, 2.75) is 31.6 Å². The molecule has 9 heteroatoms. The van der Waals surface area contributed by atoms with Gasteiger partial charge in [-0.3, -0.25) is 4.79 Å². The van der Waals surface area contributed by atoms with Crippen LogP contribution in [0, 0.1) is 6.92 Å². The number of amides is 1. The molecule has 2 atom stereocenters. The lowest BCUT2D eigenvalue weighted by Crippen LogP contribution is -2.35. The fraction of sp³-hybridized carbons (Fsp3) is 0.238. The zero-order valence-corrected chi connectivity index (χ0v) is 16.6. The van der Waals surface area contributed by atoms with Crippen molar-refractivity contribution in [2.75, 3.05) is 10.6 Å². The van der Waals surface area contributed by atoms with Gasteiger partial charge in [-0.15, -0.1) is 0 Å². The molecule has 0 bridgehead atoms. The first-order valence-electron chi connectivity index (χ1n) is 9.27. The van der Waals surface area contributed by atoms with Crippen LogP contribution in [-0.2, 0) is 0 Å². The fourth-order valence-corrected chi connectivity index (χ4v) is 3.62. The molecule has 2 N–H and O–H groups in total. The molecular formula is C21H18ClF3N4O. The third-order valence-electron chi connectivity index (χ3n) is 5.09. The quantitative estimate of drug-likeness (QED) is 0.551. The van der Waals surface area contributed by atoms with Crippen LogP contribution in [0.4, 0.5) is 24.7 Å². The van der Waals surface area contributed by atoms with Crippen molar-refractivity contribution in [3.8, 4) is 0 Å². The van der Waals surface area contributed by atoms with Gasteiger partial charge in [-0.25, -0.2) is 4.68 Å². The molecule has 3 aromatic rings. The lowest BCUT2D eigenvalue weighted by atomic mass is 9.97. The molecule has 4 rings (SSSR count). The lowest BCUT2D eigenvalue weighted by molar-refractivity contribution is -0.173. The van der Waals surface area contributed by atoms with Gasteiger partial charge in [0.05, 0.1) is 6.04 Å². The highest BCUT2D eigenvalue weighted by atomic mass is 35.5. The van der Waals surface area contributed by atoms with E-state index in [0.29, 0.717) is 16.3 Å². The number of benzene rings is 2. The van der Waals surface area contributed by atoms with Gasteiger partial charge >= 0.3 is 6.18 Å². The molecule has 156 valence electrons. The molecule has 0 aliphatic carbocycles. The van der Waals surface area contributed by atoms with Crippen molar-refractivity contribution in [3.63, 3.8) is 0 Å². The number of nitrogens with one attached hydrogen (secondary N) is 2. The fourth-order valence-electron chi connectivity index (χ4n) is 3.50. The summed E-state index contributed by atoms with van der Waals surface area (Å²) in [6.45, 7) is 1.83. The van der Waals surface area contributed by atoms with E-state index in [0.717, 1.165) is 10.2 Å². The number of aromatic nitrogens is 2. The summed E-state index contributed by atoms with van der Waals surface area (Å²) in [5.74, 6) is -0.435. The van der Waals surface area contributed by atoms with E-state index in [9.17, 15) is 18.0 Å². The summed E-state index contributed by atoms with van der Waals surface area (Å²) in [5, 5.41) is 10.2. The van der Waals surface area contributed by atoms with E-state index >= 15 is 0 Å². The van der Waals surface area contributed by atoms with Crippen molar-refractivity contribution in [2.24, 2.45) is 0 Å². The van der Waals surface area contributed by atoms with Crippen LogP contribution in [-0.4, -0.2) is 21.9 Å². The van der Waals surface area contributed by atoms with Gasteiger partial charge in [0.1, 0.15) is 5.82 Å². The van der Waals surface area contributed by atoms with Crippen LogP contribution < -0.4 is 10.6 Å². The lowest BCUT2D eigenvalue weighted by Gasteiger charge is -2.33. The average Bonchev–Trinajstić information content (AvgIpc) is 3.13. The van der Waals surface area contributed by atoms with Crippen molar-refractivity contribution in [1.29, 1.82) is 0 Å². The Balaban J connectivity index is 1.65. The number of rotatable bonds is 3. The first-order valence-corrected chi connectivity index (χ1v) is 9.65. The van der Waals surface area contributed by atoms with Crippen LogP contribution in [0.2, 0.25) is 5.02 Å². The predicted molar refractivity (Wildman–Crippen MR) is 109 cm³/mol. The third kappa shape index (κ3) is 4.00. The first-order chi connectivity index (χ1) is 14.2. The second-order valence-electron chi connectivity index (χ2n) is 7.17. The summed E-state index contributed by atoms with van der Waals surface area (Å²) in [6.07, 6.45) is -4.77. The van der Waals surface area contributed by atoms with Crippen LogP contribution in [0.3, 0.4) is 0 Å². The summed E-state index contributed by atoms with van der Waals surface area (Å²) in [6, 6.07) is 12.7. The van der Waals surface area contributed by atoms with Gasteiger partial charge < -0.3 is 10.6 Å². The molecule has 0 spiro atoms. The number of aryl methyl sites for hydroxylation is 1. The molecule has 0 saturated carbocycles. The van der Waals surface area contributed by atoms with E-state index in [1.165, 1.54) is 6.07 Å². The van der Waals surface area contributed by atoms with Crippen LogP contribution in [0.5, 0.6) is 0 Å². The topological polar surface area (TPSA) is 59.0 Å². The van der Waals surface area contributed by atoms with Crippen molar-refractivity contribution in [3.05, 3.63) is 76.4 Å². The Kier molecular flexibility index (Phi) is 5.19. The number of hydrogen-bond donors (Lipinski definition) is 2. The maximum atomic E-state index is 13.8. The van der Waals surface area contributed by atoms with Crippen molar-refractivity contribution >= 4 is 29.0 Å². The van der Waals surface area contributed by atoms with Crippen LogP contribution in [0.1, 0.15) is 40.1 Å². The normalized spacial score (nSPS) is 18.4. The minimum absolute atomic E-state index is 0.0910. The molecule has 1 aliphatic heterocycles. The summed E-state index contributed by atoms with van der Waals surface area (Å²) < 4.78 is 42.2. The molecule has 0 radical (unpaired) electrons. The highest BCUT2D eigenvalue weighted by Crippen LogP contribution is 2.43. The molecule has 30 heavy (non-hydrogen) atoms. The van der Waals surface area contributed by atoms with Gasteiger partial charge in [0.15, 0.2) is 11.7 Å². The minimum Gasteiger partial charge on any atom is -0.363 e. The van der Waals surface area contributed by atoms with Gasteiger partial charge in [0.25, 0.3) is 5.91 Å². The second kappa shape index (κ2) is 7.68. The van der Waals surface area contributed by atoms with Crippen molar-refractivity contribution in [1.82, 2.24) is 9.78 Å². The Labute approximate surface area is 175 Å². The van der Waals surface area contributed by atoms with E-state index in [1.807, 2.05) is 19.1 Å². The monoisotopic (exact) mass is 434 g/mol. The molecule has 1 amide bonds. The molecule has 2 aromatic carbocycles. The van der Waals surface area contributed by atoms with Crippen LogP contribution in [0.25, 0.3) is 0 Å². The number of para-hydroxylation sites is 1. The number of alkyl halides is 3. The maximum absolute atomic E-state index is 13.8. The molecule has 5 nitrogen and oxygen atoms in total. The largest absolute Gasteiger partial charge is 0.410 e. The number of hydrogen-bond acceptors (Lipinski definition) is 3. The molecular weight excluding hydrogens is 417 g/mol. The SMILES string of the molecule is Cc1ccccc1NC(=O)c1cc2n(n1)C(C(F)(F)F)CC(c1ccc(Cl)cc1)N2. The smallest absolute Gasteiger partial charge is 0.363 e. The Morgan fingerprint density at radius 2 is 1.90 bits per heavy atom. The third-order valence-corrected chi connectivity index (χ3v) is 5.34. The van der Waals surface area contributed by atoms with E-state index < -0.39 is 24.2 Å². The number of nitrogens with zero attached hydrogens (tertiary/aromatic N) is 2. The highest BCUT2D eigenvalue weighted by Gasteiger charge is 2.46. The van der Waals surface area contributed by atoms with E-state index in [4.69, 9.17) is 11.6 Å². The molecule has 1 aromatic heterocycles. The van der Waals surface area contributed by atoms with Crippen LogP contribution >= 0.6 is 11.6 Å². The number of anilines is 2. The summed E-state index contributed by atoms with van der Waals surface area (Å²) in [5.41, 5.74) is 2.00. The van der Waals surface area contributed by atoms with Crippen molar-refractivity contribution < 1.29 is 18.0 Å². The minimum atomic E-state index is -4.52. The Morgan fingerprint density at radius 1 is 1.20 bits per heavy atom. The van der Waals surface area contributed by atoms with Crippen LogP contribution in [0.15, 0.2) is 54.6 Å². The van der Waals surface area contributed by atoms with E-state index in [1.54, 1.807) is 36.4 Å². The number of carbonyl (C=O) groups excluding carboxylic acids is 1. The average molecular weight is 435 g/mol. The summed E-state index contributed by atoms with van der Waals surface area (Å²) in [4.78, 5) is 12.6. The number of halogens is 4. The zero-order chi connectivity index (χ0) is 21.5. The van der Waals surface area contributed by atoms with Gasteiger partial charge in [-0.05, 0) is 36.2 Å². The van der Waals surface area contributed by atoms with Gasteiger partial charge in [0.2, 0.25) is 0 Å². The van der Waals surface area contributed by atoms with E-state index in [2.05, 4.69) is 15.7 Å². The zero-order valence-electron chi connectivity index (χ0n) is 15.9. The Morgan fingerprint density at radius 3 is 2.57 bits per heavy atom. The van der Waals surface area contributed by atoms with Gasteiger partial charge in [-0.1, -0.05) is 41.9 Å². The standard InChI is InChI=1S/C21H18ClF3N4O/c1-12-4-2-3-5-15(12)27-20(30)17-11-19-26-16(13-6-8-14(22)9-7-13)10-18(21(23,24)25)29(19)28-17/h2-9,11,16,18,26H,10H2,1H3,(H,27,30). The molecule has 2 heterocycles. The Hall–Kier alpha value is -3.00. The van der Waals surface area contributed by atoms with Gasteiger partial charge in [0, 0.05) is 23.2 Å². The molecule has 0 fully saturated rings. The number of fused-ring (bicyclic) bond motifs is 1. The van der Waals surface area contributed by atoms with E-state index in [-0.39, 0.29) is 17.9 Å². The summed E-state index contributed by atoms with van der Waals surface area (Å²) >= 11 is 5.89. The highest BCUT2D eigenvalue weighted by molar-refractivity contribution is 6.30. The maximum Gasteiger partial charge on any atom is 0.410 e. The number of carbonyl (C=O) groups is 1.